The van der Waals surface area contributed by atoms with Crippen LogP contribution in [0.3, 0.4) is 0 Å². The van der Waals surface area contributed by atoms with Crippen molar-refractivity contribution in [1.29, 1.82) is 0 Å². The van der Waals surface area contributed by atoms with Gasteiger partial charge in [0, 0.05) is 49.1 Å². The zero-order chi connectivity index (χ0) is 42.7. The van der Waals surface area contributed by atoms with E-state index in [-0.39, 0.29) is 36.3 Å². The maximum absolute atomic E-state index is 14.2. The number of nitrogens with two attached hydrogens (primary N) is 1. The molecule has 6 rings (SSSR count). The highest BCUT2D eigenvalue weighted by atomic mass is 16.6. The van der Waals surface area contributed by atoms with E-state index in [1.54, 1.807) is 60.5 Å². The number of tetrazole rings is 1. The number of ether oxygens (including phenoxy) is 1. The number of pyridine rings is 1. The molecule has 3 heterocycles. The quantitative estimate of drug-likeness (QED) is 0.114. The largest absolute Gasteiger partial charge is 0.483 e. The van der Waals surface area contributed by atoms with E-state index in [1.807, 2.05) is 52.0 Å². The standard InChI is InChI=1S/C40H47N11O5.CH2O2/c1-24-20-33(36(52)44-34-18-19-50(5)47-34)42-23-31(24)27-10-6-25(7-11-27)21-32(41)38(54)51(30-16-14-28(15-17-30)35-45-48-49-46-35)37(53)29-12-8-26(9-13-29)22-43-39(55)56-40(2,3)4;2-1-3/h6-7,10-11,14-20,23,26,29,32H,8-9,12-13,21-22,41H2,1-5H3,(H,43,55)(H,44,47,52)(H,45,46,48,49);1H,(H,2,3)/t26?,29?,32-;/m0./s1. The summed E-state index contributed by atoms with van der Waals surface area (Å²) in [7, 11) is 1.77. The van der Waals surface area contributed by atoms with Crippen molar-refractivity contribution in [2.45, 2.75) is 71.4 Å². The lowest BCUT2D eigenvalue weighted by molar-refractivity contribution is -0.130. The summed E-state index contributed by atoms with van der Waals surface area (Å²) < 4.78 is 6.96. The summed E-state index contributed by atoms with van der Waals surface area (Å²) in [5, 5.41) is 30.7. The Morgan fingerprint density at radius 3 is 2.27 bits per heavy atom. The van der Waals surface area contributed by atoms with Crippen molar-refractivity contribution in [1.82, 2.24) is 40.7 Å². The molecule has 310 valence electrons. The number of nitrogens with one attached hydrogen (secondary N) is 3. The van der Waals surface area contributed by atoms with Crippen LogP contribution in [0.2, 0.25) is 0 Å². The monoisotopic (exact) mass is 807 g/mol. The van der Waals surface area contributed by atoms with Crippen molar-refractivity contribution in [3.05, 3.63) is 89.9 Å². The second-order valence-electron chi connectivity index (χ2n) is 15.2. The lowest BCUT2D eigenvalue weighted by Crippen LogP contribution is -2.50. The highest BCUT2D eigenvalue weighted by molar-refractivity contribution is 6.17. The van der Waals surface area contributed by atoms with E-state index in [0.29, 0.717) is 55.1 Å². The zero-order valence-electron chi connectivity index (χ0n) is 33.6. The Kier molecular flexibility index (Phi) is 14.4. The first-order valence-electron chi connectivity index (χ1n) is 19.0. The summed E-state index contributed by atoms with van der Waals surface area (Å²) in [6.07, 6.45) is 5.66. The van der Waals surface area contributed by atoms with Crippen molar-refractivity contribution in [2.24, 2.45) is 24.6 Å². The molecule has 0 radical (unpaired) electrons. The number of rotatable bonds is 11. The fourth-order valence-corrected chi connectivity index (χ4v) is 6.72. The number of amides is 4. The number of benzene rings is 2. The van der Waals surface area contributed by atoms with Crippen LogP contribution in [0.5, 0.6) is 0 Å². The van der Waals surface area contributed by atoms with Crippen LogP contribution in [-0.2, 0) is 32.6 Å². The summed E-state index contributed by atoms with van der Waals surface area (Å²) in [6.45, 7) is 7.54. The van der Waals surface area contributed by atoms with Gasteiger partial charge in [0.25, 0.3) is 18.3 Å². The predicted molar refractivity (Wildman–Crippen MR) is 218 cm³/mol. The molecule has 1 atom stereocenters. The molecule has 0 unspecified atom stereocenters. The molecule has 6 N–H and O–H groups in total. The van der Waals surface area contributed by atoms with E-state index in [4.69, 9.17) is 20.4 Å². The molecule has 4 amide bonds. The van der Waals surface area contributed by atoms with Gasteiger partial charge in [-0.05, 0) is 118 Å². The number of carbonyl (C=O) groups excluding carboxylic acids is 4. The normalized spacial score (nSPS) is 15.5. The number of aromatic amines is 1. The summed E-state index contributed by atoms with van der Waals surface area (Å²) in [5.41, 5.74) is 10.7. The van der Waals surface area contributed by atoms with Gasteiger partial charge < -0.3 is 26.2 Å². The number of alkyl carbamates (subject to hydrolysis) is 1. The average molecular weight is 808 g/mol. The van der Waals surface area contributed by atoms with E-state index in [9.17, 15) is 19.2 Å². The number of carbonyl (C=O) groups is 5. The van der Waals surface area contributed by atoms with Crippen molar-refractivity contribution in [2.75, 3.05) is 16.8 Å². The molecule has 0 spiro atoms. The van der Waals surface area contributed by atoms with Crippen LogP contribution < -0.4 is 21.3 Å². The van der Waals surface area contributed by atoms with Gasteiger partial charge in [0.2, 0.25) is 11.7 Å². The minimum atomic E-state index is -1.02. The molecular weight excluding hydrogens is 759 g/mol. The Morgan fingerprint density at radius 2 is 1.69 bits per heavy atom. The molecule has 2 aromatic carbocycles. The number of aryl methyl sites for hydroxylation is 2. The zero-order valence-corrected chi connectivity index (χ0v) is 33.6. The second kappa shape index (κ2) is 19.6. The number of nitrogens with zero attached hydrogens (tertiary/aromatic N) is 7. The Balaban J connectivity index is 0.00000214. The highest BCUT2D eigenvalue weighted by Crippen LogP contribution is 2.32. The van der Waals surface area contributed by atoms with E-state index in [0.717, 1.165) is 22.3 Å². The molecule has 0 aliphatic heterocycles. The van der Waals surface area contributed by atoms with Gasteiger partial charge in [-0.3, -0.25) is 28.8 Å². The molecule has 1 fully saturated rings. The molecule has 0 saturated heterocycles. The third kappa shape index (κ3) is 11.9. The molecule has 18 heteroatoms. The summed E-state index contributed by atoms with van der Waals surface area (Å²) in [4.78, 5) is 67.3. The smallest absolute Gasteiger partial charge is 0.407 e. The lowest BCUT2D eigenvalue weighted by Gasteiger charge is -2.32. The minimum Gasteiger partial charge on any atom is -0.483 e. The van der Waals surface area contributed by atoms with Gasteiger partial charge in [0.15, 0.2) is 5.82 Å². The van der Waals surface area contributed by atoms with Crippen LogP contribution in [0.15, 0.2) is 73.1 Å². The van der Waals surface area contributed by atoms with E-state index in [2.05, 4.69) is 41.3 Å². The van der Waals surface area contributed by atoms with Crippen LogP contribution in [-0.4, -0.2) is 89.0 Å². The first-order chi connectivity index (χ1) is 28.1. The van der Waals surface area contributed by atoms with Crippen LogP contribution in [0.4, 0.5) is 16.3 Å². The van der Waals surface area contributed by atoms with Crippen molar-refractivity contribution in [3.8, 4) is 22.5 Å². The number of carboxylic acid groups (broad SMARTS) is 1. The highest BCUT2D eigenvalue weighted by Gasteiger charge is 2.35. The topological polar surface area (TPSA) is 253 Å². The Morgan fingerprint density at radius 1 is 1.03 bits per heavy atom. The van der Waals surface area contributed by atoms with Gasteiger partial charge in [-0.2, -0.15) is 10.3 Å². The van der Waals surface area contributed by atoms with E-state index < -0.39 is 29.6 Å². The van der Waals surface area contributed by atoms with Gasteiger partial charge in [-0.25, -0.2) is 9.69 Å². The Labute approximate surface area is 340 Å². The van der Waals surface area contributed by atoms with Crippen molar-refractivity contribution < 1.29 is 33.8 Å². The fourth-order valence-electron chi connectivity index (χ4n) is 6.72. The SMILES string of the molecule is Cc1cc(C(=O)Nc2ccn(C)n2)ncc1-c1ccc(C[C@H](N)C(=O)N(C(=O)C2CCC(CNC(=O)OC(C)(C)C)CC2)c2ccc(-c3nn[nH]n3)cc2)cc1.O=CO. The molecule has 0 bridgehead atoms. The van der Waals surface area contributed by atoms with Gasteiger partial charge in [-0.15, -0.1) is 10.2 Å². The van der Waals surface area contributed by atoms with E-state index >= 15 is 0 Å². The van der Waals surface area contributed by atoms with Gasteiger partial charge >= 0.3 is 6.09 Å². The molecule has 5 aromatic rings. The number of imide groups is 1. The van der Waals surface area contributed by atoms with Crippen LogP contribution in [0.25, 0.3) is 22.5 Å². The molecule has 59 heavy (non-hydrogen) atoms. The molecule has 1 saturated carbocycles. The number of hydrogen-bond donors (Lipinski definition) is 5. The number of H-pyrrole nitrogens is 1. The van der Waals surface area contributed by atoms with Crippen LogP contribution in [0, 0.1) is 18.8 Å². The third-order valence-corrected chi connectivity index (χ3v) is 9.64. The maximum atomic E-state index is 14.2. The number of anilines is 2. The van der Waals surface area contributed by atoms with E-state index in [1.165, 1.54) is 4.90 Å². The summed E-state index contributed by atoms with van der Waals surface area (Å²) >= 11 is 0. The number of aromatic nitrogens is 7. The van der Waals surface area contributed by atoms with Crippen molar-refractivity contribution >= 4 is 41.8 Å². The maximum Gasteiger partial charge on any atom is 0.407 e. The lowest BCUT2D eigenvalue weighted by atomic mass is 9.81. The number of hydrogen-bond acceptors (Lipinski definition) is 12. The van der Waals surface area contributed by atoms with Gasteiger partial charge in [-0.1, -0.05) is 24.3 Å². The molecule has 1 aliphatic carbocycles. The molecule has 18 nitrogen and oxygen atoms in total. The first-order valence-corrected chi connectivity index (χ1v) is 19.0. The van der Waals surface area contributed by atoms with Crippen LogP contribution >= 0.6 is 0 Å². The molecule has 1 aliphatic rings. The Bertz CT molecular complexity index is 2210. The Hall–Kier alpha value is -6.82. The van der Waals surface area contributed by atoms with Crippen LogP contribution in [0.1, 0.15) is 68.1 Å². The van der Waals surface area contributed by atoms with Gasteiger partial charge in [0.1, 0.15) is 11.3 Å². The average Bonchev–Trinajstić information content (AvgIpc) is 3.90. The molecular formula is C41H49N11O7. The first kappa shape index (κ1) is 43.3. The minimum absolute atomic E-state index is 0.185. The predicted octanol–water partition coefficient (Wildman–Crippen LogP) is 4.68. The second-order valence-corrected chi connectivity index (χ2v) is 15.2. The fraction of sp³-hybridized carbons (Fsp3) is 0.366. The third-order valence-electron chi connectivity index (χ3n) is 9.64. The van der Waals surface area contributed by atoms with Gasteiger partial charge in [0.05, 0.1) is 11.7 Å². The van der Waals surface area contributed by atoms with Crippen molar-refractivity contribution in [3.63, 3.8) is 0 Å². The molecule has 3 aromatic heterocycles. The summed E-state index contributed by atoms with van der Waals surface area (Å²) in [5.74, 6) is -0.580. The summed E-state index contributed by atoms with van der Waals surface area (Å²) in [6, 6.07) is 16.9.